The van der Waals surface area contributed by atoms with E-state index in [-0.39, 0.29) is 0 Å². The van der Waals surface area contributed by atoms with Gasteiger partial charge in [-0.15, -0.1) is 11.3 Å². The molecule has 0 N–H and O–H groups in total. The fraction of sp³-hybridized carbons (Fsp3) is 0.0833. The summed E-state index contributed by atoms with van der Waals surface area (Å²) in [6.07, 6.45) is 3.41. The van der Waals surface area contributed by atoms with Crippen molar-refractivity contribution in [3.8, 4) is 5.75 Å². The highest BCUT2D eigenvalue weighted by Crippen LogP contribution is 2.28. The Hall–Kier alpha value is -1.81. The Morgan fingerprint density at radius 3 is 3.12 bits per heavy atom. The SMILES string of the molecule is c1ccc2c(OCc3nccs3)coc2c1. The normalized spacial score (nSPS) is 10.8. The van der Waals surface area contributed by atoms with Gasteiger partial charge in [0.25, 0.3) is 0 Å². The Morgan fingerprint density at radius 2 is 2.25 bits per heavy atom. The number of hydrogen-bond donors (Lipinski definition) is 0. The molecule has 0 unspecified atom stereocenters. The Kier molecular flexibility index (Phi) is 2.34. The minimum Gasteiger partial charge on any atom is -0.482 e. The van der Waals surface area contributed by atoms with E-state index in [1.807, 2.05) is 29.6 Å². The molecule has 0 spiro atoms. The van der Waals surface area contributed by atoms with Crippen LogP contribution in [-0.2, 0) is 6.61 Å². The standard InChI is InChI=1S/C12H9NO2S/c1-2-4-10-9(3-1)11(7-14-10)15-8-12-13-5-6-16-12/h1-7H,8H2. The molecule has 0 radical (unpaired) electrons. The van der Waals surface area contributed by atoms with Crippen LogP contribution in [0.15, 0.2) is 46.5 Å². The van der Waals surface area contributed by atoms with Crippen LogP contribution in [0.2, 0.25) is 0 Å². The fourth-order valence-corrected chi connectivity index (χ4v) is 2.06. The number of para-hydroxylation sites is 1. The molecule has 4 heteroatoms. The lowest BCUT2D eigenvalue weighted by Crippen LogP contribution is -1.93. The lowest BCUT2D eigenvalue weighted by Gasteiger charge is -2.00. The fourth-order valence-electron chi connectivity index (χ4n) is 1.53. The number of benzene rings is 1. The average Bonchev–Trinajstić information content (AvgIpc) is 2.96. The summed E-state index contributed by atoms with van der Waals surface area (Å²) in [5.41, 5.74) is 0.844. The Balaban J connectivity index is 1.84. The van der Waals surface area contributed by atoms with Crippen molar-refractivity contribution in [2.75, 3.05) is 0 Å². The van der Waals surface area contributed by atoms with Gasteiger partial charge >= 0.3 is 0 Å². The van der Waals surface area contributed by atoms with Gasteiger partial charge in [0.15, 0.2) is 5.75 Å². The summed E-state index contributed by atoms with van der Waals surface area (Å²) in [5.74, 6) is 0.769. The van der Waals surface area contributed by atoms with Crippen LogP contribution in [-0.4, -0.2) is 4.98 Å². The van der Waals surface area contributed by atoms with Crippen molar-refractivity contribution in [3.63, 3.8) is 0 Å². The third kappa shape index (κ3) is 1.67. The number of furan rings is 1. The van der Waals surface area contributed by atoms with E-state index in [0.29, 0.717) is 6.61 Å². The highest BCUT2D eigenvalue weighted by Gasteiger charge is 2.06. The first-order valence-corrected chi connectivity index (χ1v) is 5.79. The second kappa shape index (κ2) is 3.98. The van der Waals surface area contributed by atoms with E-state index in [1.165, 1.54) is 0 Å². The summed E-state index contributed by atoms with van der Waals surface area (Å²) in [6, 6.07) is 7.81. The molecule has 0 bridgehead atoms. The van der Waals surface area contributed by atoms with Crippen molar-refractivity contribution in [2.24, 2.45) is 0 Å². The van der Waals surface area contributed by atoms with Gasteiger partial charge in [-0.2, -0.15) is 0 Å². The van der Waals surface area contributed by atoms with Gasteiger partial charge in [0.1, 0.15) is 23.5 Å². The van der Waals surface area contributed by atoms with Crippen LogP contribution in [0, 0.1) is 0 Å². The van der Waals surface area contributed by atoms with Crippen molar-refractivity contribution < 1.29 is 9.15 Å². The monoisotopic (exact) mass is 231 g/mol. The van der Waals surface area contributed by atoms with Crippen LogP contribution in [0.25, 0.3) is 11.0 Å². The van der Waals surface area contributed by atoms with E-state index in [4.69, 9.17) is 9.15 Å². The first-order valence-electron chi connectivity index (χ1n) is 4.91. The maximum absolute atomic E-state index is 5.66. The Labute approximate surface area is 96.3 Å². The molecule has 0 saturated heterocycles. The van der Waals surface area contributed by atoms with Crippen molar-refractivity contribution in [1.82, 2.24) is 4.98 Å². The Bertz CT molecular complexity index is 586. The molecule has 0 saturated carbocycles. The van der Waals surface area contributed by atoms with Crippen LogP contribution >= 0.6 is 11.3 Å². The molecule has 3 nitrogen and oxygen atoms in total. The van der Waals surface area contributed by atoms with Gasteiger partial charge in [-0.25, -0.2) is 4.98 Å². The summed E-state index contributed by atoms with van der Waals surface area (Å²) < 4.78 is 11.0. The number of aromatic nitrogens is 1. The molecule has 0 atom stereocenters. The number of fused-ring (bicyclic) bond motifs is 1. The quantitative estimate of drug-likeness (QED) is 0.692. The molecule has 3 rings (SSSR count). The van der Waals surface area contributed by atoms with E-state index in [0.717, 1.165) is 21.7 Å². The molecule has 3 aromatic rings. The van der Waals surface area contributed by atoms with Crippen molar-refractivity contribution in [3.05, 3.63) is 47.1 Å². The van der Waals surface area contributed by atoms with Crippen LogP contribution < -0.4 is 4.74 Å². The Morgan fingerprint density at radius 1 is 1.31 bits per heavy atom. The minimum absolute atomic E-state index is 0.487. The molecule has 0 fully saturated rings. The third-order valence-corrected chi connectivity index (χ3v) is 3.03. The zero-order valence-electron chi connectivity index (χ0n) is 8.42. The van der Waals surface area contributed by atoms with E-state index < -0.39 is 0 Å². The van der Waals surface area contributed by atoms with Gasteiger partial charge in [0, 0.05) is 11.6 Å². The van der Waals surface area contributed by atoms with Gasteiger partial charge < -0.3 is 9.15 Å². The second-order valence-electron chi connectivity index (χ2n) is 3.31. The topological polar surface area (TPSA) is 35.3 Å². The highest BCUT2D eigenvalue weighted by atomic mass is 32.1. The van der Waals surface area contributed by atoms with Gasteiger partial charge in [0.05, 0.1) is 5.39 Å². The van der Waals surface area contributed by atoms with Gasteiger partial charge in [-0.05, 0) is 12.1 Å². The number of rotatable bonds is 3. The lowest BCUT2D eigenvalue weighted by molar-refractivity contribution is 0.305. The highest BCUT2D eigenvalue weighted by molar-refractivity contribution is 7.09. The number of thiazole rings is 1. The molecule has 2 aromatic heterocycles. The summed E-state index contributed by atoms with van der Waals surface area (Å²) in [4.78, 5) is 4.16. The summed E-state index contributed by atoms with van der Waals surface area (Å²) in [7, 11) is 0. The maximum Gasteiger partial charge on any atom is 0.165 e. The molecule has 80 valence electrons. The number of hydrogen-bond acceptors (Lipinski definition) is 4. The second-order valence-corrected chi connectivity index (χ2v) is 4.29. The summed E-state index contributed by atoms with van der Waals surface area (Å²) >= 11 is 1.58. The van der Waals surface area contributed by atoms with Gasteiger partial charge in [-0.1, -0.05) is 12.1 Å². The van der Waals surface area contributed by atoms with Crippen LogP contribution in [0.4, 0.5) is 0 Å². The van der Waals surface area contributed by atoms with E-state index in [2.05, 4.69) is 4.98 Å². The molecule has 0 aliphatic carbocycles. The molecular weight excluding hydrogens is 222 g/mol. The lowest BCUT2D eigenvalue weighted by atomic mass is 10.2. The average molecular weight is 231 g/mol. The van der Waals surface area contributed by atoms with Crippen LogP contribution in [0.1, 0.15) is 5.01 Å². The van der Waals surface area contributed by atoms with Crippen molar-refractivity contribution >= 4 is 22.3 Å². The predicted molar refractivity (Wildman–Crippen MR) is 62.7 cm³/mol. The molecule has 0 aliphatic rings. The van der Waals surface area contributed by atoms with Crippen molar-refractivity contribution in [2.45, 2.75) is 6.61 Å². The van der Waals surface area contributed by atoms with Crippen LogP contribution in [0.5, 0.6) is 5.75 Å². The predicted octanol–water partition coefficient (Wildman–Crippen LogP) is 3.47. The van der Waals surface area contributed by atoms with E-state index in [9.17, 15) is 0 Å². The summed E-state index contributed by atoms with van der Waals surface area (Å²) in [5, 5.41) is 3.90. The molecule has 0 amide bonds. The molecule has 16 heavy (non-hydrogen) atoms. The van der Waals surface area contributed by atoms with Gasteiger partial charge in [-0.3, -0.25) is 0 Å². The molecule has 1 aromatic carbocycles. The minimum atomic E-state index is 0.487. The number of nitrogens with zero attached hydrogens (tertiary/aromatic N) is 1. The van der Waals surface area contributed by atoms with Gasteiger partial charge in [0.2, 0.25) is 0 Å². The molecule has 0 aliphatic heterocycles. The molecular formula is C12H9NO2S. The maximum atomic E-state index is 5.66. The first kappa shape index (κ1) is 9.42. The van der Waals surface area contributed by atoms with E-state index >= 15 is 0 Å². The molecule has 2 heterocycles. The zero-order valence-corrected chi connectivity index (χ0v) is 9.24. The van der Waals surface area contributed by atoms with Crippen molar-refractivity contribution in [1.29, 1.82) is 0 Å². The number of ether oxygens (including phenoxy) is 1. The first-order chi connectivity index (χ1) is 7.93. The largest absolute Gasteiger partial charge is 0.482 e. The smallest absolute Gasteiger partial charge is 0.165 e. The van der Waals surface area contributed by atoms with E-state index in [1.54, 1.807) is 23.8 Å². The summed E-state index contributed by atoms with van der Waals surface area (Å²) in [6.45, 7) is 0.487. The van der Waals surface area contributed by atoms with Crippen LogP contribution in [0.3, 0.4) is 0 Å². The zero-order chi connectivity index (χ0) is 10.8. The third-order valence-electron chi connectivity index (χ3n) is 2.28.